The molecular weight excluding hydrogens is 270 g/mol. The third kappa shape index (κ3) is 2.95. The maximum Gasteiger partial charge on any atom is 0.259 e. The Labute approximate surface area is 123 Å². The van der Waals surface area contributed by atoms with Crippen LogP contribution in [0, 0.1) is 0 Å². The van der Waals surface area contributed by atoms with Gasteiger partial charge in [0.05, 0.1) is 0 Å². The summed E-state index contributed by atoms with van der Waals surface area (Å²) in [6.45, 7) is 6.51. The molecule has 1 atom stereocenters. The van der Waals surface area contributed by atoms with Crippen molar-refractivity contribution in [2.24, 2.45) is 0 Å². The molecule has 0 saturated carbocycles. The van der Waals surface area contributed by atoms with Crippen LogP contribution in [0.5, 0.6) is 0 Å². The van der Waals surface area contributed by atoms with E-state index in [1.807, 2.05) is 13.8 Å². The summed E-state index contributed by atoms with van der Waals surface area (Å²) in [5.41, 5.74) is 1.40. The Balaban J connectivity index is 2.56. The van der Waals surface area contributed by atoms with Gasteiger partial charge in [-0.25, -0.2) is 0 Å². The predicted molar refractivity (Wildman–Crippen MR) is 77.6 cm³/mol. The third-order valence-corrected chi connectivity index (χ3v) is 3.30. The highest BCUT2D eigenvalue weighted by molar-refractivity contribution is 6.00. The maximum atomic E-state index is 12.7. The van der Waals surface area contributed by atoms with Gasteiger partial charge in [0.25, 0.3) is 5.91 Å². The monoisotopic (exact) mass is 289 g/mol. The summed E-state index contributed by atoms with van der Waals surface area (Å²) in [5, 5.41) is 13.8. The van der Waals surface area contributed by atoms with E-state index in [9.17, 15) is 9.90 Å². The van der Waals surface area contributed by atoms with Crippen LogP contribution < -0.4 is 0 Å². The number of nitrogens with zero attached hydrogens (tertiary/aromatic N) is 3. The second-order valence-electron chi connectivity index (χ2n) is 4.67. The Kier molecular flexibility index (Phi) is 4.70. The van der Waals surface area contributed by atoms with Crippen LogP contribution in [0.25, 0.3) is 11.3 Å². The summed E-state index contributed by atoms with van der Waals surface area (Å²) >= 11 is 0. The molecule has 2 aromatic rings. The van der Waals surface area contributed by atoms with E-state index >= 15 is 0 Å². The molecule has 2 aromatic heterocycles. The van der Waals surface area contributed by atoms with Crippen molar-refractivity contribution in [2.75, 3.05) is 13.1 Å². The molecule has 112 valence electrons. The van der Waals surface area contributed by atoms with Gasteiger partial charge in [-0.2, -0.15) is 0 Å². The molecule has 0 aliphatic rings. The highest BCUT2D eigenvalue weighted by Crippen LogP contribution is 2.29. The second-order valence-corrected chi connectivity index (χ2v) is 4.67. The number of rotatable bonds is 5. The smallest absolute Gasteiger partial charge is 0.259 e. The van der Waals surface area contributed by atoms with E-state index in [-0.39, 0.29) is 11.7 Å². The van der Waals surface area contributed by atoms with Gasteiger partial charge in [0.1, 0.15) is 17.4 Å². The van der Waals surface area contributed by atoms with Crippen molar-refractivity contribution in [1.82, 2.24) is 15.0 Å². The van der Waals surface area contributed by atoms with Gasteiger partial charge in [-0.15, -0.1) is 0 Å². The van der Waals surface area contributed by atoms with E-state index in [4.69, 9.17) is 4.52 Å². The molecule has 6 nitrogen and oxygen atoms in total. The first-order chi connectivity index (χ1) is 10.1. The number of amides is 1. The van der Waals surface area contributed by atoms with Gasteiger partial charge >= 0.3 is 0 Å². The number of carbonyl (C=O) groups excluding carboxylic acids is 1. The summed E-state index contributed by atoms with van der Waals surface area (Å²) in [5.74, 6) is -0.0123. The van der Waals surface area contributed by atoms with Gasteiger partial charge in [0.15, 0.2) is 5.76 Å². The van der Waals surface area contributed by atoms with Crippen molar-refractivity contribution >= 4 is 5.91 Å². The summed E-state index contributed by atoms with van der Waals surface area (Å²) in [4.78, 5) is 18.4. The normalized spacial score (nSPS) is 12.2. The van der Waals surface area contributed by atoms with E-state index in [1.165, 1.54) is 0 Å². The Morgan fingerprint density at radius 1 is 1.43 bits per heavy atom. The van der Waals surface area contributed by atoms with Gasteiger partial charge < -0.3 is 14.5 Å². The van der Waals surface area contributed by atoms with Crippen molar-refractivity contribution in [1.29, 1.82) is 0 Å². The lowest BCUT2D eigenvalue weighted by atomic mass is 10.0. The fraction of sp³-hybridized carbons (Fsp3) is 0.400. The number of aliphatic hydroxyl groups excluding tert-OH is 1. The first kappa shape index (κ1) is 15.2. The number of pyridine rings is 1. The predicted octanol–water partition coefficient (Wildman–Crippen LogP) is 2.27. The van der Waals surface area contributed by atoms with Crippen LogP contribution in [0.3, 0.4) is 0 Å². The maximum absolute atomic E-state index is 12.7. The van der Waals surface area contributed by atoms with Crippen molar-refractivity contribution in [3.05, 3.63) is 35.9 Å². The average Bonchev–Trinajstić information content (AvgIpc) is 2.94. The molecule has 6 heteroatoms. The minimum Gasteiger partial charge on any atom is -0.385 e. The molecule has 0 aliphatic carbocycles. The summed E-state index contributed by atoms with van der Waals surface area (Å²) in [6, 6.07) is 3.56. The molecule has 0 fully saturated rings. The number of aliphatic hydroxyl groups is 1. The van der Waals surface area contributed by atoms with E-state index in [2.05, 4.69) is 10.1 Å². The molecule has 2 heterocycles. The molecule has 1 unspecified atom stereocenters. The lowest BCUT2D eigenvalue weighted by Crippen LogP contribution is -2.31. The number of hydrogen-bond acceptors (Lipinski definition) is 5. The number of hydrogen-bond donors (Lipinski definition) is 1. The summed E-state index contributed by atoms with van der Waals surface area (Å²) in [6.07, 6.45) is 2.35. The minimum atomic E-state index is -0.905. The zero-order valence-corrected chi connectivity index (χ0v) is 12.4. The largest absolute Gasteiger partial charge is 0.385 e. The van der Waals surface area contributed by atoms with E-state index in [1.54, 1.807) is 36.4 Å². The molecule has 21 heavy (non-hydrogen) atoms. The lowest BCUT2D eigenvalue weighted by molar-refractivity contribution is 0.0761. The van der Waals surface area contributed by atoms with Crippen LogP contribution in [0.4, 0.5) is 0 Å². The molecular formula is C15H19N3O3. The van der Waals surface area contributed by atoms with Crippen molar-refractivity contribution < 1.29 is 14.4 Å². The van der Waals surface area contributed by atoms with Crippen LogP contribution in [0.2, 0.25) is 0 Å². The highest BCUT2D eigenvalue weighted by Gasteiger charge is 2.28. The topological polar surface area (TPSA) is 79.5 Å². The van der Waals surface area contributed by atoms with Crippen LogP contribution >= 0.6 is 0 Å². The van der Waals surface area contributed by atoms with Crippen LogP contribution in [-0.2, 0) is 0 Å². The molecule has 1 N–H and O–H groups in total. The Hall–Kier alpha value is -2.21. The van der Waals surface area contributed by atoms with Gasteiger partial charge in [-0.1, -0.05) is 5.16 Å². The molecule has 0 aromatic carbocycles. The molecule has 0 radical (unpaired) electrons. The van der Waals surface area contributed by atoms with Gasteiger partial charge in [-0.3, -0.25) is 9.78 Å². The Morgan fingerprint density at radius 3 is 2.67 bits per heavy atom. The summed E-state index contributed by atoms with van der Waals surface area (Å²) in [7, 11) is 0. The molecule has 0 bridgehead atoms. The Morgan fingerprint density at radius 2 is 2.14 bits per heavy atom. The van der Waals surface area contributed by atoms with Crippen LogP contribution in [0.1, 0.15) is 43.0 Å². The van der Waals surface area contributed by atoms with Gasteiger partial charge in [0, 0.05) is 31.0 Å². The van der Waals surface area contributed by atoms with Gasteiger partial charge in [-0.05, 0) is 32.9 Å². The quantitative estimate of drug-likeness (QED) is 0.913. The Bertz CT molecular complexity index is 604. The molecule has 0 aliphatic heterocycles. The third-order valence-electron chi connectivity index (χ3n) is 3.30. The van der Waals surface area contributed by atoms with E-state index < -0.39 is 6.10 Å². The zero-order valence-electron chi connectivity index (χ0n) is 12.4. The van der Waals surface area contributed by atoms with Crippen molar-refractivity contribution in [3.63, 3.8) is 0 Å². The molecule has 0 saturated heterocycles. The van der Waals surface area contributed by atoms with Crippen LogP contribution in [0.15, 0.2) is 29.0 Å². The number of aromatic nitrogens is 2. The van der Waals surface area contributed by atoms with Crippen LogP contribution in [-0.4, -0.2) is 39.1 Å². The molecule has 2 rings (SSSR count). The standard InChI is InChI=1S/C15H19N3O3/c1-4-18(5-2)15(20)12-13(11-7-6-8-16-9-11)17-21-14(12)10(3)19/h6-10,19H,4-5H2,1-3H3. The summed E-state index contributed by atoms with van der Waals surface area (Å²) < 4.78 is 5.20. The minimum absolute atomic E-state index is 0.186. The van der Waals surface area contributed by atoms with Gasteiger partial charge in [0.2, 0.25) is 0 Å². The van der Waals surface area contributed by atoms with Crippen molar-refractivity contribution in [3.8, 4) is 11.3 Å². The second kappa shape index (κ2) is 6.49. The van der Waals surface area contributed by atoms with E-state index in [0.29, 0.717) is 29.9 Å². The fourth-order valence-electron chi connectivity index (χ4n) is 2.16. The first-order valence-electron chi connectivity index (χ1n) is 6.97. The highest BCUT2D eigenvalue weighted by atomic mass is 16.5. The first-order valence-corrected chi connectivity index (χ1v) is 6.97. The zero-order chi connectivity index (χ0) is 15.4. The SMILES string of the molecule is CCN(CC)C(=O)c1c(-c2cccnc2)noc1C(C)O. The lowest BCUT2D eigenvalue weighted by Gasteiger charge is -2.19. The number of carbonyl (C=O) groups is 1. The molecule has 0 spiro atoms. The molecule has 1 amide bonds. The van der Waals surface area contributed by atoms with E-state index in [0.717, 1.165) is 0 Å². The van der Waals surface area contributed by atoms with Crippen molar-refractivity contribution in [2.45, 2.75) is 26.9 Å². The fourth-order valence-corrected chi connectivity index (χ4v) is 2.16. The average molecular weight is 289 g/mol.